The molecule has 2 rings (SSSR count). The SMILES string of the molecule is CCCN(C1CCC(N)CC1)S(=O)(=O)c1c(Br)nnn1C. The smallest absolute Gasteiger partial charge is 0.263 e. The number of aryl methyl sites for hydroxylation is 1. The third-order valence-electron chi connectivity index (χ3n) is 3.88. The van der Waals surface area contributed by atoms with Gasteiger partial charge in [0.2, 0.25) is 5.03 Å². The number of nitrogens with zero attached hydrogens (tertiary/aromatic N) is 4. The molecule has 0 aliphatic heterocycles. The number of nitrogens with two attached hydrogens (primary N) is 1. The zero-order valence-corrected chi connectivity index (χ0v) is 14.8. The average molecular weight is 380 g/mol. The molecule has 0 spiro atoms. The molecule has 0 bridgehead atoms. The van der Waals surface area contributed by atoms with Gasteiger partial charge in [0.1, 0.15) is 0 Å². The molecule has 1 fully saturated rings. The molecule has 1 heterocycles. The summed E-state index contributed by atoms with van der Waals surface area (Å²) in [5.74, 6) is 0. The van der Waals surface area contributed by atoms with Gasteiger partial charge in [0.15, 0.2) is 4.60 Å². The van der Waals surface area contributed by atoms with Crippen molar-refractivity contribution in [1.82, 2.24) is 19.3 Å². The lowest BCUT2D eigenvalue weighted by atomic mass is 9.92. The van der Waals surface area contributed by atoms with E-state index in [1.165, 1.54) is 4.68 Å². The Bertz CT molecular complexity index is 561. The van der Waals surface area contributed by atoms with E-state index in [1.54, 1.807) is 11.4 Å². The van der Waals surface area contributed by atoms with Crippen LogP contribution in [0.2, 0.25) is 0 Å². The van der Waals surface area contributed by atoms with Crippen LogP contribution in [0.3, 0.4) is 0 Å². The fourth-order valence-electron chi connectivity index (χ4n) is 2.82. The normalized spacial score (nSPS) is 23.7. The number of sulfonamides is 1. The molecule has 1 aliphatic carbocycles. The van der Waals surface area contributed by atoms with Gasteiger partial charge in [-0.15, -0.1) is 5.10 Å². The molecule has 0 radical (unpaired) electrons. The van der Waals surface area contributed by atoms with E-state index >= 15 is 0 Å². The van der Waals surface area contributed by atoms with Crippen LogP contribution in [0.1, 0.15) is 39.0 Å². The summed E-state index contributed by atoms with van der Waals surface area (Å²) in [5, 5.41) is 7.68. The van der Waals surface area contributed by atoms with Crippen LogP contribution in [0.4, 0.5) is 0 Å². The van der Waals surface area contributed by atoms with E-state index in [0.717, 1.165) is 32.1 Å². The molecule has 2 N–H and O–H groups in total. The lowest BCUT2D eigenvalue weighted by molar-refractivity contribution is 0.239. The van der Waals surface area contributed by atoms with Crippen LogP contribution in [-0.2, 0) is 17.1 Å². The molecule has 120 valence electrons. The monoisotopic (exact) mass is 379 g/mol. The number of halogens is 1. The highest BCUT2D eigenvalue weighted by atomic mass is 79.9. The van der Waals surface area contributed by atoms with Crippen LogP contribution in [-0.4, -0.2) is 46.3 Å². The molecule has 0 unspecified atom stereocenters. The van der Waals surface area contributed by atoms with Crippen molar-refractivity contribution >= 4 is 26.0 Å². The summed E-state index contributed by atoms with van der Waals surface area (Å²) in [6, 6.07) is 0.203. The van der Waals surface area contributed by atoms with Crippen LogP contribution in [0.15, 0.2) is 9.63 Å². The zero-order chi connectivity index (χ0) is 15.6. The van der Waals surface area contributed by atoms with Gasteiger partial charge in [-0.1, -0.05) is 12.1 Å². The number of rotatable bonds is 5. The van der Waals surface area contributed by atoms with Gasteiger partial charge in [-0.25, -0.2) is 13.1 Å². The number of hydrogen-bond donors (Lipinski definition) is 1. The molecular formula is C12H22BrN5O2S. The maximum Gasteiger partial charge on any atom is 0.263 e. The van der Waals surface area contributed by atoms with Crippen LogP contribution in [0.5, 0.6) is 0 Å². The van der Waals surface area contributed by atoms with Gasteiger partial charge in [0, 0.05) is 25.7 Å². The van der Waals surface area contributed by atoms with Gasteiger partial charge in [-0.2, -0.15) is 4.31 Å². The van der Waals surface area contributed by atoms with Gasteiger partial charge in [-0.3, -0.25) is 0 Å². The summed E-state index contributed by atoms with van der Waals surface area (Å²) in [6.07, 6.45) is 4.12. The zero-order valence-electron chi connectivity index (χ0n) is 12.4. The van der Waals surface area contributed by atoms with Gasteiger partial charge in [0.05, 0.1) is 0 Å². The second kappa shape index (κ2) is 6.72. The molecule has 9 heteroatoms. The highest BCUT2D eigenvalue weighted by Gasteiger charge is 2.36. The van der Waals surface area contributed by atoms with Crippen molar-refractivity contribution in [3.05, 3.63) is 4.60 Å². The highest BCUT2D eigenvalue weighted by Crippen LogP contribution is 2.29. The van der Waals surface area contributed by atoms with Gasteiger partial charge in [0.25, 0.3) is 10.0 Å². The summed E-state index contributed by atoms with van der Waals surface area (Å²) in [5.41, 5.74) is 5.92. The molecule has 0 atom stereocenters. The largest absolute Gasteiger partial charge is 0.328 e. The Labute approximate surface area is 134 Å². The average Bonchev–Trinajstić information content (AvgIpc) is 2.77. The molecule has 1 aromatic rings. The van der Waals surface area contributed by atoms with Gasteiger partial charge >= 0.3 is 0 Å². The quantitative estimate of drug-likeness (QED) is 0.830. The van der Waals surface area contributed by atoms with E-state index in [2.05, 4.69) is 26.2 Å². The van der Waals surface area contributed by atoms with Crippen molar-refractivity contribution < 1.29 is 8.42 Å². The minimum absolute atomic E-state index is 0.0107. The van der Waals surface area contributed by atoms with Crippen LogP contribution in [0.25, 0.3) is 0 Å². The van der Waals surface area contributed by atoms with Crippen molar-refractivity contribution in [2.45, 2.75) is 56.1 Å². The van der Waals surface area contributed by atoms with Crippen LogP contribution >= 0.6 is 15.9 Å². The summed E-state index contributed by atoms with van der Waals surface area (Å²) in [7, 11) is -2.03. The van der Waals surface area contributed by atoms with Crippen molar-refractivity contribution in [1.29, 1.82) is 0 Å². The maximum atomic E-state index is 13.0. The standard InChI is InChI=1S/C12H22BrN5O2S/c1-3-8-18(10-6-4-9(14)5-7-10)21(19,20)12-11(13)15-16-17(12)2/h9-10H,3-8,14H2,1-2H3. The molecular weight excluding hydrogens is 358 g/mol. The predicted molar refractivity (Wildman–Crippen MR) is 83.1 cm³/mol. The molecule has 0 amide bonds. The fraction of sp³-hybridized carbons (Fsp3) is 0.833. The first-order chi connectivity index (χ1) is 9.87. The molecule has 7 nitrogen and oxygen atoms in total. The summed E-state index contributed by atoms with van der Waals surface area (Å²) >= 11 is 3.19. The van der Waals surface area contributed by atoms with E-state index in [9.17, 15) is 8.42 Å². The van der Waals surface area contributed by atoms with Crippen molar-refractivity contribution in [2.24, 2.45) is 12.8 Å². The van der Waals surface area contributed by atoms with E-state index in [0.29, 0.717) is 6.54 Å². The second-order valence-corrected chi connectivity index (χ2v) is 8.05. The van der Waals surface area contributed by atoms with E-state index < -0.39 is 10.0 Å². The first kappa shape index (κ1) is 16.9. The van der Waals surface area contributed by atoms with Gasteiger partial charge < -0.3 is 5.73 Å². The lowest BCUT2D eigenvalue weighted by Gasteiger charge is -2.34. The highest BCUT2D eigenvalue weighted by molar-refractivity contribution is 9.10. The van der Waals surface area contributed by atoms with E-state index in [4.69, 9.17) is 5.73 Å². The Kier molecular flexibility index (Phi) is 5.39. The summed E-state index contributed by atoms with van der Waals surface area (Å²) in [6.45, 7) is 2.48. The molecule has 21 heavy (non-hydrogen) atoms. The molecule has 1 aromatic heterocycles. The molecule has 1 aliphatic rings. The summed E-state index contributed by atoms with van der Waals surface area (Å²) < 4.78 is 29.1. The van der Waals surface area contributed by atoms with Crippen LogP contribution in [0, 0.1) is 0 Å². The molecule has 1 saturated carbocycles. The Morgan fingerprint density at radius 2 is 2.00 bits per heavy atom. The fourth-order valence-corrected chi connectivity index (χ4v) is 5.63. The third-order valence-corrected chi connectivity index (χ3v) is 6.72. The van der Waals surface area contributed by atoms with Gasteiger partial charge in [-0.05, 0) is 48.0 Å². The Morgan fingerprint density at radius 1 is 1.38 bits per heavy atom. The first-order valence-electron chi connectivity index (χ1n) is 7.20. The first-order valence-corrected chi connectivity index (χ1v) is 9.43. The topological polar surface area (TPSA) is 94.1 Å². The predicted octanol–water partition coefficient (Wildman–Crippen LogP) is 1.25. The summed E-state index contributed by atoms with van der Waals surface area (Å²) in [4.78, 5) is 0. The Balaban J connectivity index is 2.33. The van der Waals surface area contributed by atoms with Crippen molar-refractivity contribution in [3.63, 3.8) is 0 Å². The minimum atomic E-state index is -3.61. The Hall–Kier alpha value is -0.510. The minimum Gasteiger partial charge on any atom is -0.328 e. The second-order valence-electron chi connectivity index (χ2n) is 5.49. The van der Waals surface area contributed by atoms with Crippen molar-refractivity contribution in [2.75, 3.05) is 6.54 Å². The van der Waals surface area contributed by atoms with E-state index in [-0.39, 0.29) is 21.7 Å². The third kappa shape index (κ3) is 3.46. The maximum absolute atomic E-state index is 13.0. The Morgan fingerprint density at radius 3 is 2.48 bits per heavy atom. The molecule has 0 aromatic carbocycles. The number of hydrogen-bond acceptors (Lipinski definition) is 5. The van der Waals surface area contributed by atoms with E-state index in [1.807, 2.05) is 6.92 Å². The van der Waals surface area contributed by atoms with Crippen molar-refractivity contribution in [3.8, 4) is 0 Å². The number of aromatic nitrogens is 3. The molecule has 0 saturated heterocycles. The lowest BCUT2D eigenvalue weighted by Crippen LogP contribution is -2.45. The van der Waals surface area contributed by atoms with Crippen LogP contribution < -0.4 is 5.73 Å².